The van der Waals surface area contributed by atoms with Crippen LogP contribution in [0.2, 0.25) is 0 Å². The largest absolute Gasteiger partial charge is 0.106 e. The second-order valence-electron chi connectivity index (χ2n) is 8.63. The molecule has 0 heteroatoms. The molecular weight excluding hydrogens is 432 g/mol. The number of hydrogen-bond donors (Lipinski definition) is 0. The van der Waals surface area contributed by atoms with Crippen LogP contribution < -0.4 is 0 Å². The van der Waals surface area contributed by atoms with E-state index in [1.807, 2.05) is 26.0 Å². The Balaban J connectivity index is 0.00000109. The number of allylic oxidation sites excluding steroid dienone is 1. The molecule has 0 nitrogen and oxygen atoms in total. The lowest BCUT2D eigenvalue weighted by Crippen LogP contribution is -1.94. The van der Waals surface area contributed by atoms with Crippen LogP contribution in [0.15, 0.2) is 98.1 Å². The van der Waals surface area contributed by atoms with E-state index in [-0.39, 0.29) is 0 Å². The summed E-state index contributed by atoms with van der Waals surface area (Å²) < 4.78 is 0. The van der Waals surface area contributed by atoms with E-state index in [0.29, 0.717) is 0 Å². The monoisotopic (exact) mass is 473 g/mol. The lowest BCUT2D eigenvalue weighted by Gasteiger charge is -2.15. The molecule has 0 atom stereocenters. The Morgan fingerprint density at radius 3 is 1.39 bits per heavy atom. The minimum Gasteiger partial charge on any atom is -0.106 e. The maximum absolute atomic E-state index is 3.80. The summed E-state index contributed by atoms with van der Waals surface area (Å²) in [6.45, 7) is 22.6. The second kappa shape index (κ2) is 14.0. The molecule has 0 saturated carbocycles. The zero-order chi connectivity index (χ0) is 26.7. The minimum atomic E-state index is 1.07. The minimum absolute atomic E-state index is 1.07. The third kappa shape index (κ3) is 6.95. The summed E-state index contributed by atoms with van der Waals surface area (Å²) in [6, 6.07) is 29.1. The van der Waals surface area contributed by atoms with E-state index in [4.69, 9.17) is 0 Å². The average molecular weight is 474 g/mol. The van der Waals surface area contributed by atoms with Gasteiger partial charge in [-0.25, -0.2) is 0 Å². The van der Waals surface area contributed by atoms with Crippen molar-refractivity contribution in [2.45, 2.75) is 48.0 Å². The van der Waals surface area contributed by atoms with Crippen molar-refractivity contribution in [1.29, 1.82) is 0 Å². The van der Waals surface area contributed by atoms with Gasteiger partial charge in [-0.3, -0.25) is 0 Å². The number of aryl methyl sites for hydroxylation is 3. The first-order valence-corrected chi connectivity index (χ1v) is 12.9. The molecular formula is C36H41. The van der Waals surface area contributed by atoms with Crippen LogP contribution in [0, 0.1) is 27.7 Å². The highest BCUT2D eigenvalue weighted by molar-refractivity contribution is 5.82. The molecule has 0 bridgehead atoms. The van der Waals surface area contributed by atoms with Crippen LogP contribution in [-0.2, 0) is 6.42 Å². The molecule has 0 heterocycles. The average Bonchev–Trinajstić information content (AvgIpc) is 2.91. The first-order valence-electron chi connectivity index (χ1n) is 12.9. The van der Waals surface area contributed by atoms with Crippen LogP contribution in [0.1, 0.15) is 48.6 Å². The molecule has 4 aromatic rings. The summed E-state index contributed by atoms with van der Waals surface area (Å²) in [5.41, 5.74) is 14.1. The van der Waals surface area contributed by atoms with Gasteiger partial charge in [-0.2, -0.15) is 0 Å². The van der Waals surface area contributed by atoms with Gasteiger partial charge in [0.15, 0.2) is 0 Å². The van der Waals surface area contributed by atoms with Gasteiger partial charge in [0.05, 0.1) is 0 Å². The Morgan fingerprint density at radius 2 is 0.972 bits per heavy atom. The van der Waals surface area contributed by atoms with Gasteiger partial charge in [-0.1, -0.05) is 99.2 Å². The summed E-state index contributed by atoms with van der Waals surface area (Å²) >= 11 is 0. The summed E-state index contributed by atoms with van der Waals surface area (Å²) in [5, 5.41) is 0. The molecule has 0 aromatic heterocycles. The molecule has 185 valence electrons. The van der Waals surface area contributed by atoms with Gasteiger partial charge in [0, 0.05) is 0 Å². The Hall–Kier alpha value is -3.64. The van der Waals surface area contributed by atoms with Crippen LogP contribution >= 0.6 is 0 Å². The molecule has 4 rings (SSSR count). The number of rotatable bonds is 5. The van der Waals surface area contributed by atoms with Gasteiger partial charge in [0.2, 0.25) is 0 Å². The molecule has 4 aromatic carbocycles. The first-order chi connectivity index (χ1) is 17.5. The van der Waals surface area contributed by atoms with Gasteiger partial charge in [0.25, 0.3) is 0 Å². The SMILES string of the molecule is C=C.CC.[CH2]/C=C\c1ccc(-c2cc(-c3ccc(C)cc3)cc(-c3cc(C)c(CC)c(C)c3)c2)cc1. The van der Waals surface area contributed by atoms with Crippen LogP contribution in [0.4, 0.5) is 0 Å². The highest BCUT2D eigenvalue weighted by Crippen LogP contribution is 2.34. The number of hydrogen-bond acceptors (Lipinski definition) is 0. The van der Waals surface area contributed by atoms with E-state index in [1.165, 1.54) is 61.2 Å². The molecule has 0 saturated heterocycles. The normalized spacial score (nSPS) is 10.3. The zero-order valence-corrected chi connectivity index (χ0v) is 23.0. The summed E-state index contributed by atoms with van der Waals surface area (Å²) in [5.74, 6) is 0. The van der Waals surface area contributed by atoms with Crippen molar-refractivity contribution in [1.82, 2.24) is 0 Å². The smallest absolute Gasteiger partial charge is 0.0171 e. The second-order valence-corrected chi connectivity index (χ2v) is 8.63. The molecule has 1 radical (unpaired) electrons. The van der Waals surface area contributed by atoms with Gasteiger partial charge < -0.3 is 0 Å². The van der Waals surface area contributed by atoms with E-state index < -0.39 is 0 Å². The first kappa shape index (κ1) is 28.6. The summed E-state index contributed by atoms with van der Waals surface area (Å²) in [6.07, 6.45) is 4.93. The fourth-order valence-corrected chi connectivity index (χ4v) is 4.51. The fraction of sp³-hybridized carbons (Fsp3) is 0.194. The van der Waals surface area contributed by atoms with Gasteiger partial charge in [-0.15, -0.1) is 13.2 Å². The molecule has 0 aliphatic carbocycles. The lowest BCUT2D eigenvalue weighted by atomic mass is 9.90. The quantitative estimate of drug-likeness (QED) is 0.253. The molecule has 0 aliphatic heterocycles. The fourth-order valence-electron chi connectivity index (χ4n) is 4.51. The van der Waals surface area contributed by atoms with Crippen molar-refractivity contribution in [2.75, 3.05) is 0 Å². The van der Waals surface area contributed by atoms with E-state index in [9.17, 15) is 0 Å². The van der Waals surface area contributed by atoms with Gasteiger partial charge in [0.1, 0.15) is 0 Å². The predicted octanol–water partition coefficient (Wildman–Crippen LogP) is 10.9. The molecule has 0 fully saturated rings. The standard InChI is InChI=1S/C32H31.C2H6.C2H4/c1-6-8-25-11-15-27(16-12-25)30-19-29(26-13-9-22(3)10-14-26)20-31(21-30)28-17-23(4)32(7-2)24(5)18-28;2*1-2/h6,8-21H,1,7H2,2-5H3;1-2H3;1-2H2/b8-6-;;. The Kier molecular flexibility index (Phi) is 11.2. The van der Waals surface area contributed by atoms with Gasteiger partial charge >= 0.3 is 0 Å². The number of benzene rings is 4. The maximum Gasteiger partial charge on any atom is -0.0171 e. The molecule has 0 unspecified atom stereocenters. The lowest BCUT2D eigenvalue weighted by molar-refractivity contribution is 1.08. The molecule has 0 aliphatic rings. The van der Waals surface area contributed by atoms with Crippen molar-refractivity contribution < 1.29 is 0 Å². The van der Waals surface area contributed by atoms with E-state index in [2.05, 4.69) is 127 Å². The molecule has 0 spiro atoms. The molecule has 36 heavy (non-hydrogen) atoms. The Morgan fingerprint density at radius 1 is 0.583 bits per heavy atom. The van der Waals surface area contributed by atoms with Crippen molar-refractivity contribution in [3.05, 3.63) is 133 Å². The van der Waals surface area contributed by atoms with Crippen LogP contribution in [-0.4, -0.2) is 0 Å². The van der Waals surface area contributed by atoms with Crippen molar-refractivity contribution >= 4 is 6.08 Å². The van der Waals surface area contributed by atoms with Crippen LogP contribution in [0.3, 0.4) is 0 Å². The van der Waals surface area contributed by atoms with Gasteiger partial charge in [-0.05, 0) is 108 Å². The maximum atomic E-state index is 3.80. The van der Waals surface area contributed by atoms with E-state index in [0.717, 1.165) is 6.42 Å². The predicted molar refractivity (Wildman–Crippen MR) is 163 cm³/mol. The molecule has 0 amide bonds. The Labute approximate surface area is 220 Å². The van der Waals surface area contributed by atoms with Crippen molar-refractivity contribution in [3.63, 3.8) is 0 Å². The third-order valence-electron chi connectivity index (χ3n) is 6.26. The van der Waals surface area contributed by atoms with Crippen LogP contribution in [0.25, 0.3) is 39.5 Å². The third-order valence-corrected chi connectivity index (χ3v) is 6.26. The topological polar surface area (TPSA) is 0 Å². The zero-order valence-electron chi connectivity index (χ0n) is 23.0. The highest BCUT2D eigenvalue weighted by atomic mass is 14.1. The van der Waals surface area contributed by atoms with E-state index >= 15 is 0 Å². The van der Waals surface area contributed by atoms with Crippen LogP contribution in [0.5, 0.6) is 0 Å². The highest BCUT2D eigenvalue weighted by Gasteiger charge is 2.10. The van der Waals surface area contributed by atoms with Crippen molar-refractivity contribution in [2.24, 2.45) is 0 Å². The van der Waals surface area contributed by atoms with E-state index in [1.54, 1.807) is 0 Å². The molecule has 0 N–H and O–H groups in total. The Bertz CT molecular complexity index is 1250. The van der Waals surface area contributed by atoms with Crippen molar-refractivity contribution in [3.8, 4) is 33.4 Å². The summed E-state index contributed by atoms with van der Waals surface area (Å²) in [4.78, 5) is 0. The summed E-state index contributed by atoms with van der Waals surface area (Å²) in [7, 11) is 0.